The van der Waals surface area contributed by atoms with Gasteiger partial charge in [0.15, 0.2) is 0 Å². The second-order valence-electron chi connectivity index (χ2n) is 6.32. The predicted octanol–water partition coefficient (Wildman–Crippen LogP) is 4.86. The molecular formula is C19H17ClFN3OS. The molecule has 2 aromatic carbocycles. The van der Waals surface area contributed by atoms with Crippen LogP contribution in [-0.4, -0.2) is 28.9 Å². The molecule has 1 saturated heterocycles. The van der Waals surface area contributed by atoms with Crippen molar-refractivity contribution in [2.45, 2.75) is 18.9 Å². The van der Waals surface area contributed by atoms with Crippen LogP contribution in [0.5, 0.6) is 0 Å². The van der Waals surface area contributed by atoms with Gasteiger partial charge in [0.2, 0.25) is 5.91 Å². The minimum atomic E-state index is -0.494. The van der Waals surface area contributed by atoms with Crippen molar-refractivity contribution in [1.82, 2.24) is 9.88 Å². The Kier molecular flexibility index (Phi) is 4.89. The lowest BCUT2D eigenvalue weighted by Crippen LogP contribution is -2.33. The van der Waals surface area contributed by atoms with Crippen LogP contribution in [0.2, 0.25) is 5.02 Å². The van der Waals surface area contributed by atoms with Crippen LogP contribution < -0.4 is 5.32 Å². The lowest BCUT2D eigenvalue weighted by atomic mass is 10.2. The Morgan fingerprint density at radius 2 is 2.19 bits per heavy atom. The van der Waals surface area contributed by atoms with Gasteiger partial charge < -0.3 is 5.32 Å². The van der Waals surface area contributed by atoms with Gasteiger partial charge in [0, 0.05) is 5.02 Å². The van der Waals surface area contributed by atoms with Crippen LogP contribution in [0.15, 0.2) is 42.5 Å². The zero-order valence-corrected chi connectivity index (χ0v) is 15.5. The molecule has 26 heavy (non-hydrogen) atoms. The molecule has 0 aliphatic carbocycles. The number of aromatic nitrogens is 1. The predicted molar refractivity (Wildman–Crippen MR) is 103 cm³/mol. The molecule has 1 atom stereocenters. The van der Waals surface area contributed by atoms with Crippen LogP contribution in [0, 0.1) is 5.82 Å². The minimum Gasteiger partial charge on any atom is -0.322 e. The number of amides is 1. The van der Waals surface area contributed by atoms with Gasteiger partial charge in [-0.05, 0) is 49.7 Å². The summed E-state index contributed by atoms with van der Waals surface area (Å²) in [5, 5.41) is 4.04. The number of nitrogens with zero attached hydrogens (tertiary/aromatic N) is 2. The van der Waals surface area contributed by atoms with Crippen LogP contribution in [0.1, 0.15) is 23.9 Å². The maximum Gasteiger partial charge on any atom is 0.238 e. The number of halogens is 2. The third-order valence-electron chi connectivity index (χ3n) is 4.51. The van der Waals surface area contributed by atoms with Crippen LogP contribution in [0.4, 0.5) is 10.1 Å². The van der Waals surface area contributed by atoms with Crippen molar-refractivity contribution in [2.24, 2.45) is 0 Å². The van der Waals surface area contributed by atoms with Crippen molar-refractivity contribution in [1.29, 1.82) is 0 Å². The number of hydrogen-bond donors (Lipinski definition) is 1. The van der Waals surface area contributed by atoms with E-state index in [0.29, 0.717) is 5.02 Å². The fourth-order valence-corrected chi connectivity index (χ4v) is 4.60. The highest BCUT2D eigenvalue weighted by molar-refractivity contribution is 7.18. The first-order chi connectivity index (χ1) is 12.6. The molecule has 1 N–H and O–H groups in total. The van der Waals surface area contributed by atoms with Crippen molar-refractivity contribution in [3.8, 4) is 0 Å². The van der Waals surface area contributed by atoms with Gasteiger partial charge in [0.25, 0.3) is 0 Å². The highest BCUT2D eigenvalue weighted by Gasteiger charge is 2.30. The molecule has 1 aliphatic rings. The van der Waals surface area contributed by atoms with Gasteiger partial charge in [-0.1, -0.05) is 23.7 Å². The molecule has 0 saturated carbocycles. The molecule has 4 rings (SSSR count). The van der Waals surface area contributed by atoms with Gasteiger partial charge in [0.05, 0.1) is 28.5 Å². The zero-order valence-electron chi connectivity index (χ0n) is 13.9. The van der Waals surface area contributed by atoms with E-state index in [-0.39, 0.29) is 24.2 Å². The summed E-state index contributed by atoms with van der Waals surface area (Å²) in [6, 6.07) is 12.3. The summed E-state index contributed by atoms with van der Waals surface area (Å²) >= 11 is 7.55. The first-order valence-corrected chi connectivity index (χ1v) is 9.64. The Balaban J connectivity index is 1.48. The summed E-state index contributed by atoms with van der Waals surface area (Å²) < 4.78 is 15.0. The molecule has 1 fully saturated rings. The number of para-hydroxylation sites is 1. The molecule has 0 unspecified atom stereocenters. The molecule has 1 aromatic heterocycles. The van der Waals surface area contributed by atoms with Crippen LogP contribution in [0.3, 0.4) is 0 Å². The molecule has 1 amide bonds. The number of thiazole rings is 1. The fourth-order valence-electron chi connectivity index (χ4n) is 3.30. The van der Waals surface area contributed by atoms with E-state index in [1.807, 2.05) is 18.2 Å². The molecule has 0 bridgehead atoms. The number of hydrogen-bond acceptors (Lipinski definition) is 4. The van der Waals surface area contributed by atoms with Crippen LogP contribution >= 0.6 is 22.9 Å². The molecule has 4 nitrogen and oxygen atoms in total. The largest absolute Gasteiger partial charge is 0.322 e. The summed E-state index contributed by atoms with van der Waals surface area (Å²) in [6.07, 6.45) is 1.98. The van der Waals surface area contributed by atoms with E-state index in [2.05, 4.69) is 16.3 Å². The second-order valence-corrected chi connectivity index (χ2v) is 7.82. The standard InChI is InChI=1S/C19H17ClFN3OS/c20-12-7-8-13(21)15(10-12)22-18(25)11-24-9-3-5-16(24)19-23-14-4-1-2-6-17(14)26-19/h1-2,4,6-8,10,16H,3,5,9,11H2,(H,22,25)/t16-/m1/s1. The minimum absolute atomic E-state index is 0.109. The van der Waals surface area contributed by atoms with Crippen molar-refractivity contribution in [2.75, 3.05) is 18.4 Å². The van der Waals surface area contributed by atoms with Gasteiger partial charge in [-0.15, -0.1) is 11.3 Å². The van der Waals surface area contributed by atoms with Crippen molar-refractivity contribution >= 4 is 44.7 Å². The van der Waals surface area contributed by atoms with Gasteiger partial charge in [-0.25, -0.2) is 9.37 Å². The summed E-state index contributed by atoms with van der Waals surface area (Å²) in [7, 11) is 0. The van der Waals surface area contributed by atoms with E-state index in [0.717, 1.165) is 34.6 Å². The Morgan fingerprint density at radius 1 is 1.35 bits per heavy atom. The lowest BCUT2D eigenvalue weighted by molar-refractivity contribution is -0.117. The topological polar surface area (TPSA) is 45.2 Å². The molecular weight excluding hydrogens is 373 g/mol. The van der Waals surface area contributed by atoms with E-state index >= 15 is 0 Å². The van der Waals surface area contributed by atoms with Crippen molar-refractivity contribution < 1.29 is 9.18 Å². The molecule has 3 aromatic rings. The number of anilines is 1. The van der Waals surface area contributed by atoms with E-state index in [1.54, 1.807) is 11.3 Å². The Labute approximate surface area is 159 Å². The first kappa shape index (κ1) is 17.4. The average molecular weight is 390 g/mol. The highest BCUT2D eigenvalue weighted by atomic mass is 35.5. The average Bonchev–Trinajstić information content (AvgIpc) is 3.24. The number of benzene rings is 2. The summed E-state index contributed by atoms with van der Waals surface area (Å²) in [5.41, 5.74) is 1.10. The van der Waals surface area contributed by atoms with E-state index in [4.69, 9.17) is 16.6 Å². The van der Waals surface area contributed by atoms with Gasteiger partial charge in [-0.3, -0.25) is 9.69 Å². The van der Waals surface area contributed by atoms with E-state index in [1.165, 1.54) is 18.2 Å². The number of carbonyl (C=O) groups is 1. The fraction of sp³-hybridized carbons (Fsp3) is 0.263. The lowest BCUT2D eigenvalue weighted by Gasteiger charge is -2.22. The third-order valence-corrected chi connectivity index (χ3v) is 5.88. The zero-order chi connectivity index (χ0) is 18.1. The number of carbonyl (C=O) groups excluding carboxylic acids is 1. The molecule has 2 heterocycles. The smallest absolute Gasteiger partial charge is 0.238 e. The number of rotatable bonds is 4. The maximum atomic E-state index is 13.8. The van der Waals surface area contributed by atoms with E-state index < -0.39 is 5.82 Å². The van der Waals surface area contributed by atoms with Crippen molar-refractivity contribution in [3.05, 3.63) is 58.3 Å². The third kappa shape index (κ3) is 3.58. The Hall–Kier alpha value is -2.02. The summed E-state index contributed by atoms with van der Waals surface area (Å²) in [4.78, 5) is 19.2. The second kappa shape index (κ2) is 7.31. The number of nitrogens with one attached hydrogen (secondary N) is 1. The van der Waals surface area contributed by atoms with Gasteiger partial charge in [-0.2, -0.15) is 0 Å². The number of fused-ring (bicyclic) bond motifs is 1. The maximum absolute atomic E-state index is 13.8. The summed E-state index contributed by atoms with van der Waals surface area (Å²) in [6.45, 7) is 1.03. The SMILES string of the molecule is O=C(CN1CCC[C@@H]1c1nc2ccccc2s1)Nc1cc(Cl)ccc1F. The Morgan fingerprint density at radius 3 is 3.04 bits per heavy atom. The summed E-state index contributed by atoms with van der Waals surface area (Å²) in [5.74, 6) is -0.744. The molecule has 0 spiro atoms. The van der Waals surface area contributed by atoms with Crippen LogP contribution in [-0.2, 0) is 4.79 Å². The highest BCUT2D eigenvalue weighted by Crippen LogP contribution is 2.36. The normalized spacial score (nSPS) is 17.7. The molecule has 7 heteroatoms. The van der Waals surface area contributed by atoms with Crippen molar-refractivity contribution in [3.63, 3.8) is 0 Å². The first-order valence-electron chi connectivity index (χ1n) is 8.44. The van der Waals surface area contributed by atoms with E-state index in [9.17, 15) is 9.18 Å². The quantitative estimate of drug-likeness (QED) is 0.692. The molecule has 134 valence electrons. The number of likely N-dealkylation sites (tertiary alicyclic amines) is 1. The van der Waals surface area contributed by atoms with Gasteiger partial charge >= 0.3 is 0 Å². The van der Waals surface area contributed by atoms with Gasteiger partial charge in [0.1, 0.15) is 10.8 Å². The Bertz CT molecular complexity index is 928. The monoisotopic (exact) mass is 389 g/mol. The molecule has 1 aliphatic heterocycles. The van der Waals surface area contributed by atoms with Crippen LogP contribution in [0.25, 0.3) is 10.2 Å². The molecule has 0 radical (unpaired) electrons.